The molecule has 0 fully saturated rings. The largest absolute Gasteiger partial charge is 0.461 e. The zero-order chi connectivity index (χ0) is 15.2. The molecule has 0 aliphatic rings. The molecule has 0 heterocycles. The fourth-order valence-electron chi connectivity index (χ4n) is 1.80. The fourth-order valence-corrected chi connectivity index (χ4v) is 2.15. The fraction of sp³-hybridized carbons (Fsp3) is 0.133. The maximum atomic E-state index is 11.8. The van der Waals surface area contributed by atoms with Crippen molar-refractivity contribution >= 4 is 27.6 Å². The number of benzene rings is 2. The molecule has 0 atom stereocenters. The first kappa shape index (κ1) is 15.2. The Hall–Kier alpha value is -2.21. The van der Waals surface area contributed by atoms with Crippen LogP contribution < -0.4 is 0 Å². The molecule has 0 radical (unpaired) electrons. The summed E-state index contributed by atoms with van der Waals surface area (Å²) in [6.45, 7) is 0.157. The minimum absolute atomic E-state index is 0.0963. The molecule has 2 rings (SSSR count). The van der Waals surface area contributed by atoms with Crippen molar-refractivity contribution in [1.29, 1.82) is 0 Å². The monoisotopic (exact) mass is 349 g/mol. The van der Waals surface area contributed by atoms with E-state index in [9.17, 15) is 14.9 Å². The Labute approximate surface area is 129 Å². The zero-order valence-corrected chi connectivity index (χ0v) is 12.6. The molecule has 0 bridgehead atoms. The van der Waals surface area contributed by atoms with Crippen LogP contribution >= 0.6 is 15.9 Å². The van der Waals surface area contributed by atoms with E-state index in [1.54, 1.807) is 12.1 Å². The highest BCUT2D eigenvalue weighted by Gasteiger charge is 2.17. The molecule has 2 aromatic rings. The minimum atomic E-state index is -0.509. The van der Waals surface area contributed by atoms with Crippen molar-refractivity contribution in [2.45, 2.75) is 13.0 Å². The number of nitro groups is 1. The number of nitrogens with zero attached hydrogens (tertiary/aromatic N) is 1. The van der Waals surface area contributed by atoms with E-state index in [0.29, 0.717) is 10.0 Å². The molecule has 0 aromatic heterocycles. The van der Waals surface area contributed by atoms with Gasteiger partial charge in [-0.15, -0.1) is 0 Å². The van der Waals surface area contributed by atoms with Gasteiger partial charge in [0.2, 0.25) is 0 Å². The van der Waals surface area contributed by atoms with Crippen LogP contribution in [0.1, 0.15) is 11.1 Å². The van der Waals surface area contributed by atoms with Crippen LogP contribution in [0.2, 0.25) is 0 Å². The second kappa shape index (κ2) is 6.99. The van der Waals surface area contributed by atoms with E-state index in [-0.39, 0.29) is 18.7 Å². The van der Waals surface area contributed by atoms with Gasteiger partial charge in [0.05, 0.1) is 11.3 Å². The van der Waals surface area contributed by atoms with E-state index in [0.717, 1.165) is 5.56 Å². The predicted octanol–water partition coefficient (Wildman–Crippen LogP) is 3.64. The number of rotatable bonds is 5. The van der Waals surface area contributed by atoms with Crippen molar-refractivity contribution in [3.8, 4) is 0 Å². The maximum absolute atomic E-state index is 11.8. The zero-order valence-electron chi connectivity index (χ0n) is 11.0. The lowest BCUT2D eigenvalue weighted by Crippen LogP contribution is -2.09. The summed E-state index contributed by atoms with van der Waals surface area (Å²) in [7, 11) is 0. The molecule has 0 aliphatic heterocycles. The van der Waals surface area contributed by atoms with Crippen LogP contribution in [0.25, 0.3) is 0 Å². The summed E-state index contributed by atoms with van der Waals surface area (Å²) in [6, 6.07) is 13.8. The Morgan fingerprint density at radius 2 is 1.90 bits per heavy atom. The molecule has 0 saturated heterocycles. The number of halogens is 1. The Balaban J connectivity index is 2.01. The smallest absolute Gasteiger partial charge is 0.310 e. The summed E-state index contributed by atoms with van der Waals surface area (Å²) in [5.41, 5.74) is 1.11. The molecule has 5 nitrogen and oxygen atoms in total. The van der Waals surface area contributed by atoms with Gasteiger partial charge < -0.3 is 4.74 Å². The first-order valence-electron chi connectivity index (χ1n) is 6.18. The molecule has 6 heteroatoms. The molecule has 0 amide bonds. The quantitative estimate of drug-likeness (QED) is 0.469. The van der Waals surface area contributed by atoms with Crippen LogP contribution in [0.15, 0.2) is 53.0 Å². The number of hydrogen-bond donors (Lipinski definition) is 0. The summed E-state index contributed by atoms with van der Waals surface area (Å²) in [4.78, 5) is 22.2. The summed E-state index contributed by atoms with van der Waals surface area (Å²) >= 11 is 3.17. The lowest BCUT2D eigenvalue weighted by atomic mass is 10.1. The van der Waals surface area contributed by atoms with Crippen LogP contribution in [-0.2, 0) is 22.6 Å². The molecule has 21 heavy (non-hydrogen) atoms. The molecule has 0 N–H and O–H groups in total. The molecule has 108 valence electrons. The maximum Gasteiger partial charge on any atom is 0.310 e. The van der Waals surface area contributed by atoms with Crippen molar-refractivity contribution < 1.29 is 14.5 Å². The van der Waals surface area contributed by atoms with E-state index in [2.05, 4.69) is 15.9 Å². The SMILES string of the molecule is O=C(Cc1ccc(Br)cc1[N+](=O)[O-])OCc1ccccc1. The van der Waals surface area contributed by atoms with E-state index < -0.39 is 10.9 Å². The number of carbonyl (C=O) groups excluding carboxylic acids is 1. The minimum Gasteiger partial charge on any atom is -0.461 e. The van der Waals surface area contributed by atoms with Crippen molar-refractivity contribution in [3.05, 3.63) is 74.2 Å². The van der Waals surface area contributed by atoms with Crippen LogP contribution in [-0.4, -0.2) is 10.9 Å². The van der Waals surface area contributed by atoms with Crippen LogP contribution in [0.4, 0.5) is 5.69 Å². The van der Waals surface area contributed by atoms with Crippen molar-refractivity contribution in [2.24, 2.45) is 0 Å². The van der Waals surface area contributed by atoms with Gasteiger partial charge in [0, 0.05) is 16.1 Å². The Morgan fingerprint density at radius 1 is 1.19 bits per heavy atom. The average Bonchev–Trinajstić information content (AvgIpc) is 2.48. The second-order valence-electron chi connectivity index (χ2n) is 4.35. The summed E-state index contributed by atoms with van der Waals surface area (Å²) < 4.78 is 5.72. The number of esters is 1. The van der Waals surface area contributed by atoms with Crippen molar-refractivity contribution in [2.75, 3.05) is 0 Å². The van der Waals surface area contributed by atoms with Crippen LogP contribution in [0.3, 0.4) is 0 Å². The Bertz CT molecular complexity index is 658. The first-order valence-corrected chi connectivity index (χ1v) is 6.98. The average molecular weight is 350 g/mol. The van der Waals surface area contributed by atoms with Gasteiger partial charge in [-0.3, -0.25) is 14.9 Å². The van der Waals surface area contributed by atoms with Crippen LogP contribution in [0.5, 0.6) is 0 Å². The lowest BCUT2D eigenvalue weighted by Gasteiger charge is -2.06. The molecule has 0 unspecified atom stereocenters. The van der Waals surface area contributed by atoms with Crippen molar-refractivity contribution in [1.82, 2.24) is 0 Å². The number of ether oxygens (including phenoxy) is 1. The van der Waals surface area contributed by atoms with Crippen LogP contribution in [0, 0.1) is 10.1 Å². The molecular weight excluding hydrogens is 338 g/mol. The van der Waals surface area contributed by atoms with Gasteiger partial charge in [0.25, 0.3) is 5.69 Å². The van der Waals surface area contributed by atoms with E-state index in [1.807, 2.05) is 30.3 Å². The Morgan fingerprint density at radius 3 is 2.57 bits per heavy atom. The summed E-state index contributed by atoms with van der Waals surface area (Å²) in [6.07, 6.45) is -0.129. The lowest BCUT2D eigenvalue weighted by molar-refractivity contribution is -0.385. The van der Waals surface area contributed by atoms with Gasteiger partial charge in [-0.2, -0.15) is 0 Å². The predicted molar refractivity (Wildman–Crippen MR) is 80.7 cm³/mol. The van der Waals surface area contributed by atoms with Gasteiger partial charge in [-0.25, -0.2) is 0 Å². The second-order valence-corrected chi connectivity index (χ2v) is 5.27. The van der Waals surface area contributed by atoms with Gasteiger partial charge in [-0.1, -0.05) is 52.3 Å². The molecule has 0 aliphatic carbocycles. The highest BCUT2D eigenvalue weighted by Crippen LogP contribution is 2.24. The van der Waals surface area contributed by atoms with Gasteiger partial charge in [0.15, 0.2) is 0 Å². The normalized spacial score (nSPS) is 10.1. The highest BCUT2D eigenvalue weighted by atomic mass is 79.9. The number of hydrogen-bond acceptors (Lipinski definition) is 4. The van der Waals surface area contributed by atoms with Gasteiger partial charge >= 0.3 is 5.97 Å². The van der Waals surface area contributed by atoms with Crippen molar-refractivity contribution in [3.63, 3.8) is 0 Å². The standard InChI is InChI=1S/C15H12BrNO4/c16-13-7-6-12(14(9-13)17(19)20)8-15(18)21-10-11-4-2-1-3-5-11/h1-7,9H,8,10H2. The third-order valence-corrected chi connectivity index (χ3v) is 3.31. The molecule has 0 saturated carbocycles. The molecule has 0 spiro atoms. The van der Waals surface area contributed by atoms with E-state index >= 15 is 0 Å². The van der Waals surface area contributed by atoms with E-state index in [1.165, 1.54) is 6.07 Å². The van der Waals surface area contributed by atoms with Gasteiger partial charge in [-0.05, 0) is 11.6 Å². The summed E-state index contributed by atoms with van der Waals surface area (Å²) in [5.74, 6) is -0.496. The number of nitro benzene ring substituents is 1. The van der Waals surface area contributed by atoms with E-state index in [4.69, 9.17) is 4.74 Å². The third-order valence-electron chi connectivity index (χ3n) is 2.82. The third kappa shape index (κ3) is 4.39. The summed E-state index contributed by atoms with van der Waals surface area (Å²) in [5, 5.41) is 11.0. The Kier molecular flexibility index (Phi) is 5.05. The molecule has 2 aromatic carbocycles. The number of carbonyl (C=O) groups is 1. The topological polar surface area (TPSA) is 69.4 Å². The van der Waals surface area contributed by atoms with Gasteiger partial charge in [0.1, 0.15) is 6.61 Å². The first-order chi connectivity index (χ1) is 10.1. The molecular formula is C15H12BrNO4. The highest BCUT2D eigenvalue weighted by molar-refractivity contribution is 9.10.